The fraction of sp³-hybridized carbons (Fsp3) is 0.429. The number of anilines is 1. The maximum atomic E-state index is 12.3. The van der Waals surface area contributed by atoms with Crippen molar-refractivity contribution in [3.05, 3.63) is 29.8 Å². The van der Waals surface area contributed by atoms with Crippen LogP contribution in [0.4, 0.5) is 10.5 Å². The van der Waals surface area contributed by atoms with Crippen LogP contribution in [0.1, 0.15) is 30.1 Å². The number of likely N-dealkylation sites (tertiary alicyclic amines) is 1. The van der Waals surface area contributed by atoms with Gasteiger partial charge < -0.3 is 21.1 Å². The van der Waals surface area contributed by atoms with E-state index in [2.05, 4.69) is 5.32 Å². The van der Waals surface area contributed by atoms with E-state index < -0.39 is 11.6 Å². The number of carbonyl (C=O) groups excluding carboxylic acids is 2. The van der Waals surface area contributed by atoms with Gasteiger partial charge in [0.2, 0.25) is 0 Å². The van der Waals surface area contributed by atoms with Crippen LogP contribution in [-0.4, -0.2) is 40.6 Å². The minimum absolute atomic E-state index is 0.0638. The average Bonchev–Trinajstić information content (AvgIpc) is 2.38. The second-order valence-corrected chi connectivity index (χ2v) is 5.36. The summed E-state index contributed by atoms with van der Waals surface area (Å²) in [5, 5.41) is 12.3. The van der Waals surface area contributed by atoms with Crippen LogP contribution in [0.2, 0.25) is 0 Å². The number of nitrogens with zero attached hydrogens (tertiary/aromatic N) is 1. The molecule has 0 radical (unpaired) electrons. The Morgan fingerprint density at radius 2 is 1.80 bits per heavy atom. The normalized spacial score (nSPS) is 17.6. The molecule has 20 heavy (non-hydrogen) atoms. The summed E-state index contributed by atoms with van der Waals surface area (Å²) in [6.07, 6.45) is 1.17. The van der Waals surface area contributed by atoms with Gasteiger partial charge in [0, 0.05) is 24.3 Å². The molecule has 1 aromatic carbocycles. The molecule has 4 N–H and O–H groups in total. The van der Waals surface area contributed by atoms with Crippen molar-refractivity contribution >= 4 is 17.6 Å². The Bertz CT molecular complexity index is 501. The second kappa shape index (κ2) is 5.50. The van der Waals surface area contributed by atoms with Crippen LogP contribution < -0.4 is 11.1 Å². The summed E-state index contributed by atoms with van der Waals surface area (Å²) in [4.78, 5) is 24.7. The molecule has 1 aromatic rings. The number of benzene rings is 1. The van der Waals surface area contributed by atoms with Crippen molar-refractivity contribution in [2.75, 3.05) is 18.4 Å². The molecular weight excluding hydrogens is 258 g/mol. The lowest BCUT2D eigenvalue weighted by Crippen LogP contribution is -2.45. The smallest absolute Gasteiger partial charge is 0.316 e. The molecule has 6 heteroatoms. The Balaban J connectivity index is 2.01. The van der Waals surface area contributed by atoms with E-state index in [9.17, 15) is 14.7 Å². The third-order valence-corrected chi connectivity index (χ3v) is 3.53. The van der Waals surface area contributed by atoms with E-state index >= 15 is 0 Å². The van der Waals surface area contributed by atoms with E-state index in [1.54, 1.807) is 36.1 Å². The van der Waals surface area contributed by atoms with Crippen LogP contribution >= 0.6 is 0 Å². The lowest BCUT2D eigenvalue weighted by molar-refractivity contribution is -0.00202. The number of hydrogen-bond donors (Lipinski definition) is 3. The lowest BCUT2D eigenvalue weighted by Gasteiger charge is -2.35. The van der Waals surface area contributed by atoms with Crippen LogP contribution in [0.3, 0.4) is 0 Å². The third kappa shape index (κ3) is 3.48. The number of aliphatic hydroxyl groups is 1. The van der Waals surface area contributed by atoms with Crippen molar-refractivity contribution in [2.45, 2.75) is 25.4 Å². The highest BCUT2D eigenvalue weighted by atomic mass is 16.3. The van der Waals surface area contributed by atoms with Crippen LogP contribution in [0.25, 0.3) is 0 Å². The van der Waals surface area contributed by atoms with E-state index in [1.165, 1.54) is 0 Å². The number of nitrogens with one attached hydrogen (secondary N) is 1. The van der Waals surface area contributed by atoms with Crippen molar-refractivity contribution in [3.63, 3.8) is 0 Å². The second-order valence-electron chi connectivity index (χ2n) is 5.36. The first-order chi connectivity index (χ1) is 9.37. The molecule has 1 aliphatic rings. The largest absolute Gasteiger partial charge is 0.390 e. The molecule has 0 bridgehead atoms. The number of amides is 3. The highest BCUT2D eigenvalue weighted by molar-refractivity contribution is 5.95. The first kappa shape index (κ1) is 14.3. The van der Waals surface area contributed by atoms with Gasteiger partial charge in [-0.05, 0) is 44.0 Å². The Labute approximate surface area is 117 Å². The molecule has 2 rings (SSSR count). The van der Waals surface area contributed by atoms with Crippen LogP contribution in [-0.2, 0) is 0 Å². The molecule has 1 heterocycles. The molecule has 0 atom stereocenters. The summed E-state index contributed by atoms with van der Waals surface area (Å²) in [5.74, 6) is -0.0638. The zero-order valence-corrected chi connectivity index (χ0v) is 11.4. The number of carbonyl (C=O) groups is 2. The number of rotatable bonds is 2. The molecular formula is C14H19N3O3. The lowest BCUT2D eigenvalue weighted by atomic mass is 9.93. The standard InChI is InChI=1S/C14H19N3O3/c1-14(20)6-8-17(9-7-14)12(18)10-2-4-11(5-3-10)16-13(15)19/h2-5,20H,6-9H2,1H3,(H3,15,16,19). The molecule has 1 saturated heterocycles. The number of primary amides is 1. The molecule has 0 aliphatic carbocycles. The van der Waals surface area contributed by atoms with Crippen molar-refractivity contribution < 1.29 is 14.7 Å². The van der Waals surface area contributed by atoms with Gasteiger partial charge in [-0.15, -0.1) is 0 Å². The van der Waals surface area contributed by atoms with E-state index in [4.69, 9.17) is 5.73 Å². The first-order valence-electron chi connectivity index (χ1n) is 6.56. The van der Waals surface area contributed by atoms with Gasteiger partial charge in [0.05, 0.1) is 5.60 Å². The van der Waals surface area contributed by atoms with Crippen LogP contribution in [0, 0.1) is 0 Å². The summed E-state index contributed by atoms with van der Waals surface area (Å²) in [5.41, 5.74) is 5.45. The Morgan fingerprint density at radius 1 is 1.25 bits per heavy atom. The number of piperidine rings is 1. The van der Waals surface area contributed by atoms with Gasteiger partial charge in [-0.1, -0.05) is 0 Å². The predicted octanol–water partition coefficient (Wildman–Crippen LogP) is 1.16. The monoisotopic (exact) mass is 277 g/mol. The van der Waals surface area contributed by atoms with Crippen LogP contribution in [0.15, 0.2) is 24.3 Å². The topological polar surface area (TPSA) is 95.7 Å². The maximum Gasteiger partial charge on any atom is 0.316 e. The molecule has 0 saturated carbocycles. The van der Waals surface area contributed by atoms with Crippen molar-refractivity contribution in [2.24, 2.45) is 5.73 Å². The molecule has 108 valence electrons. The van der Waals surface area contributed by atoms with E-state index in [0.717, 1.165) is 0 Å². The first-order valence-corrected chi connectivity index (χ1v) is 6.56. The Kier molecular flexibility index (Phi) is 3.94. The fourth-order valence-corrected chi connectivity index (χ4v) is 2.21. The molecule has 0 unspecified atom stereocenters. The highest BCUT2D eigenvalue weighted by Gasteiger charge is 2.29. The molecule has 1 fully saturated rings. The van der Waals surface area contributed by atoms with Gasteiger partial charge in [0.1, 0.15) is 0 Å². The molecule has 0 spiro atoms. The highest BCUT2D eigenvalue weighted by Crippen LogP contribution is 2.22. The van der Waals surface area contributed by atoms with Gasteiger partial charge in [-0.2, -0.15) is 0 Å². The average molecular weight is 277 g/mol. The molecule has 6 nitrogen and oxygen atoms in total. The molecule has 0 aromatic heterocycles. The minimum atomic E-state index is -0.675. The number of nitrogens with two attached hydrogens (primary N) is 1. The zero-order chi connectivity index (χ0) is 14.8. The van der Waals surface area contributed by atoms with Crippen LogP contribution in [0.5, 0.6) is 0 Å². The SMILES string of the molecule is CC1(O)CCN(C(=O)c2ccc(NC(N)=O)cc2)CC1. The van der Waals surface area contributed by atoms with E-state index in [0.29, 0.717) is 37.2 Å². The number of hydrogen-bond acceptors (Lipinski definition) is 3. The maximum absolute atomic E-state index is 12.3. The van der Waals surface area contributed by atoms with Gasteiger partial charge in [-0.25, -0.2) is 4.79 Å². The summed E-state index contributed by atoms with van der Waals surface area (Å²) in [6.45, 7) is 2.89. The van der Waals surface area contributed by atoms with Gasteiger partial charge in [0.25, 0.3) is 5.91 Å². The Hall–Kier alpha value is -2.08. The number of urea groups is 1. The van der Waals surface area contributed by atoms with Gasteiger partial charge >= 0.3 is 6.03 Å². The van der Waals surface area contributed by atoms with Crippen molar-refractivity contribution in [1.29, 1.82) is 0 Å². The summed E-state index contributed by atoms with van der Waals surface area (Å²) < 4.78 is 0. The fourth-order valence-electron chi connectivity index (χ4n) is 2.21. The summed E-state index contributed by atoms with van der Waals surface area (Å²) >= 11 is 0. The van der Waals surface area contributed by atoms with Gasteiger partial charge in [0.15, 0.2) is 0 Å². The van der Waals surface area contributed by atoms with Crippen molar-refractivity contribution in [1.82, 2.24) is 4.90 Å². The minimum Gasteiger partial charge on any atom is -0.390 e. The van der Waals surface area contributed by atoms with E-state index in [-0.39, 0.29) is 5.91 Å². The van der Waals surface area contributed by atoms with Crippen molar-refractivity contribution in [3.8, 4) is 0 Å². The predicted molar refractivity (Wildman–Crippen MR) is 75.4 cm³/mol. The zero-order valence-electron chi connectivity index (χ0n) is 11.4. The third-order valence-electron chi connectivity index (χ3n) is 3.53. The Morgan fingerprint density at radius 3 is 2.30 bits per heavy atom. The quantitative estimate of drug-likeness (QED) is 0.757. The summed E-state index contributed by atoms with van der Waals surface area (Å²) in [7, 11) is 0. The molecule has 3 amide bonds. The summed E-state index contributed by atoms with van der Waals surface area (Å²) in [6, 6.07) is 5.94. The van der Waals surface area contributed by atoms with E-state index in [1.807, 2.05) is 0 Å². The molecule has 1 aliphatic heterocycles. The van der Waals surface area contributed by atoms with Gasteiger partial charge in [-0.3, -0.25) is 4.79 Å².